The molecule has 2 atom stereocenters. The molecule has 0 spiro atoms. The third kappa shape index (κ3) is 4.61. The lowest BCUT2D eigenvalue weighted by atomic mass is 10.1. The van der Waals surface area contributed by atoms with Crippen LogP contribution in [0.2, 0.25) is 0 Å². The third-order valence-electron chi connectivity index (χ3n) is 4.14. The molecule has 0 bridgehead atoms. The Morgan fingerprint density at radius 1 is 1.12 bits per heavy atom. The monoisotopic (exact) mass is 403 g/mol. The van der Waals surface area contributed by atoms with Crippen molar-refractivity contribution < 1.29 is 14.3 Å². The first-order chi connectivity index (χ1) is 12.0. The van der Waals surface area contributed by atoms with Gasteiger partial charge in [-0.2, -0.15) is 0 Å². The number of nitrogens with zero attached hydrogens (tertiary/aromatic N) is 1. The molecule has 1 heterocycles. The molecule has 0 aromatic heterocycles. The van der Waals surface area contributed by atoms with Gasteiger partial charge in [0.05, 0.1) is 16.7 Å². The highest BCUT2D eigenvalue weighted by Gasteiger charge is 2.26. The molecular formula is C20H22BrNO3. The standard InChI is InChI=1S/C20H22BrNO3/c1-14-11-22(12-15(2)25-14)20(23)17-9-7-16(8-10-17)13-24-19-6-4-3-5-18(19)21/h3-10,14-15H,11-13H2,1-2H3/t14-,15-/m1/s1. The summed E-state index contributed by atoms with van der Waals surface area (Å²) in [4.78, 5) is 14.5. The maximum Gasteiger partial charge on any atom is 0.254 e. The van der Waals surface area contributed by atoms with E-state index in [0.717, 1.165) is 15.8 Å². The number of carbonyl (C=O) groups excluding carboxylic acids is 1. The molecule has 4 nitrogen and oxygen atoms in total. The van der Waals surface area contributed by atoms with E-state index in [2.05, 4.69) is 15.9 Å². The molecule has 1 fully saturated rings. The van der Waals surface area contributed by atoms with Gasteiger partial charge < -0.3 is 14.4 Å². The molecule has 25 heavy (non-hydrogen) atoms. The Hall–Kier alpha value is -1.85. The van der Waals surface area contributed by atoms with E-state index in [1.54, 1.807) is 0 Å². The maximum absolute atomic E-state index is 12.7. The lowest BCUT2D eigenvalue weighted by Crippen LogP contribution is -2.48. The average Bonchev–Trinajstić information content (AvgIpc) is 2.60. The SMILES string of the molecule is C[C@@H]1CN(C(=O)c2ccc(COc3ccccc3Br)cc2)C[C@@H](C)O1. The average molecular weight is 404 g/mol. The highest BCUT2D eigenvalue weighted by atomic mass is 79.9. The Balaban J connectivity index is 1.62. The van der Waals surface area contributed by atoms with Crippen molar-refractivity contribution in [2.75, 3.05) is 13.1 Å². The Labute approximate surface area is 156 Å². The zero-order chi connectivity index (χ0) is 17.8. The second-order valence-corrected chi connectivity index (χ2v) is 7.24. The van der Waals surface area contributed by atoms with Crippen LogP contribution in [0.5, 0.6) is 5.75 Å². The molecule has 2 aromatic rings. The van der Waals surface area contributed by atoms with Gasteiger partial charge in [0.15, 0.2) is 0 Å². The van der Waals surface area contributed by atoms with Crippen LogP contribution in [-0.4, -0.2) is 36.1 Å². The summed E-state index contributed by atoms with van der Waals surface area (Å²) < 4.78 is 12.4. The van der Waals surface area contributed by atoms with E-state index < -0.39 is 0 Å². The molecule has 0 aliphatic carbocycles. The summed E-state index contributed by atoms with van der Waals surface area (Å²) in [5.41, 5.74) is 1.72. The van der Waals surface area contributed by atoms with E-state index in [4.69, 9.17) is 9.47 Å². The van der Waals surface area contributed by atoms with Crippen LogP contribution >= 0.6 is 15.9 Å². The molecule has 1 saturated heterocycles. The van der Waals surface area contributed by atoms with Crippen molar-refractivity contribution in [3.63, 3.8) is 0 Å². The predicted octanol–water partition coefficient (Wildman–Crippen LogP) is 4.28. The first kappa shape index (κ1) is 18.0. The van der Waals surface area contributed by atoms with Gasteiger partial charge in [-0.25, -0.2) is 0 Å². The van der Waals surface area contributed by atoms with Crippen molar-refractivity contribution in [3.8, 4) is 5.75 Å². The summed E-state index contributed by atoms with van der Waals surface area (Å²) in [5.74, 6) is 0.860. The van der Waals surface area contributed by atoms with Crippen LogP contribution in [-0.2, 0) is 11.3 Å². The number of rotatable bonds is 4. The molecule has 1 aliphatic heterocycles. The molecule has 132 valence electrons. The first-order valence-corrected chi connectivity index (χ1v) is 9.23. The largest absolute Gasteiger partial charge is 0.488 e. The fraction of sp³-hybridized carbons (Fsp3) is 0.350. The molecule has 0 radical (unpaired) electrons. The Bertz CT molecular complexity index is 722. The highest BCUT2D eigenvalue weighted by molar-refractivity contribution is 9.10. The molecular weight excluding hydrogens is 382 g/mol. The van der Waals surface area contributed by atoms with Gasteiger partial charge >= 0.3 is 0 Å². The number of halogens is 1. The predicted molar refractivity (Wildman–Crippen MR) is 101 cm³/mol. The van der Waals surface area contributed by atoms with Crippen LogP contribution in [0.25, 0.3) is 0 Å². The number of para-hydroxylation sites is 1. The number of amides is 1. The lowest BCUT2D eigenvalue weighted by molar-refractivity contribution is -0.0586. The summed E-state index contributed by atoms with van der Waals surface area (Å²) in [7, 11) is 0. The van der Waals surface area contributed by atoms with Crippen LogP contribution in [0.15, 0.2) is 53.0 Å². The van der Waals surface area contributed by atoms with Crippen LogP contribution < -0.4 is 4.74 Å². The summed E-state index contributed by atoms with van der Waals surface area (Å²) in [6, 6.07) is 15.4. The van der Waals surface area contributed by atoms with Crippen molar-refractivity contribution in [2.45, 2.75) is 32.7 Å². The van der Waals surface area contributed by atoms with E-state index in [1.165, 1.54) is 0 Å². The van der Waals surface area contributed by atoms with E-state index in [-0.39, 0.29) is 18.1 Å². The molecule has 3 rings (SSSR count). The second-order valence-electron chi connectivity index (χ2n) is 6.38. The molecule has 0 saturated carbocycles. The Morgan fingerprint density at radius 2 is 1.76 bits per heavy atom. The molecule has 2 aromatic carbocycles. The Morgan fingerprint density at radius 3 is 2.40 bits per heavy atom. The van der Waals surface area contributed by atoms with Gasteiger partial charge in [-0.05, 0) is 59.6 Å². The van der Waals surface area contributed by atoms with Gasteiger partial charge in [-0.15, -0.1) is 0 Å². The summed E-state index contributed by atoms with van der Waals surface area (Å²) in [6.07, 6.45) is 0.148. The van der Waals surface area contributed by atoms with Gasteiger partial charge in [-0.3, -0.25) is 4.79 Å². The zero-order valence-electron chi connectivity index (χ0n) is 14.4. The minimum Gasteiger partial charge on any atom is -0.488 e. The number of ether oxygens (including phenoxy) is 2. The Kier molecular flexibility index (Phi) is 5.76. The normalized spacial score (nSPS) is 20.4. The third-order valence-corrected chi connectivity index (χ3v) is 4.79. The second kappa shape index (κ2) is 8.02. The first-order valence-electron chi connectivity index (χ1n) is 8.44. The molecule has 5 heteroatoms. The number of hydrogen-bond acceptors (Lipinski definition) is 3. The lowest BCUT2D eigenvalue weighted by Gasteiger charge is -2.35. The summed E-state index contributed by atoms with van der Waals surface area (Å²) in [6.45, 7) is 5.73. The van der Waals surface area contributed by atoms with Crippen molar-refractivity contribution in [2.24, 2.45) is 0 Å². The van der Waals surface area contributed by atoms with Crippen molar-refractivity contribution in [1.29, 1.82) is 0 Å². The van der Waals surface area contributed by atoms with E-state index in [0.29, 0.717) is 25.3 Å². The maximum atomic E-state index is 12.7. The van der Waals surface area contributed by atoms with Crippen LogP contribution in [0, 0.1) is 0 Å². The smallest absolute Gasteiger partial charge is 0.254 e. The highest BCUT2D eigenvalue weighted by Crippen LogP contribution is 2.24. The summed E-state index contributed by atoms with van der Waals surface area (Å²) in [5, 5.41) is 0. The quantitative estimate of drug-likeness (QED) is 0.764. The fourth-order valence-corrected chi connectivity index (χ4v) is 3.39. The van der Waals surface area contributed by atoms with Crippen LogP contribution in [0.3, 0.4) is 0 Å². The van der Waals surface area contributed by atoms with Gasteiger partial charge in [0, 0.05) is 18.7 Å². The van der Waals surface area contributed by atoms with E-state index >= 15 is 0 Å². The summed E-state index contributed by atoms with van der Waals surface area (Å²) >= 11 is 3.47. The van der Waals surface area contributed by atoms with Gasteiger partial charge in [0.2, 0.25) is 0 Å². The number of carbonyl (C=O) groups is 1. The topological polar surface area (TPSA) is 38.8 Å². The van der Waals surface area contributed by atoms with Gasteiger partial charge in [0.25, 0.3) is 5.91 Å². The van der Waals surface area contributed by atoms with E-state index in [1.807, 2.05) is 67.3 Å². The van der Waals surface area contributed by atoms with Gasteiger partial charge in [-0.1, -0.05) is 24.3 Å². The number of hydrogen-bond donors (Lipinski definition) is 0. The fourth-order valence-electron chi connectivity index (χ4n) is 2.99. The van der Waals surface area contributed by atoms with Crippen molar-refractivity contribution >= 4 is 21.8 Å². The molecule has 0 N–H and O–H groups in total. The molecule has 1 aliphatic rings. The minimum atomic E-state index is 0.0558. The van der Waals surface area contributed by atoms with Crippen molar-refractivity contribution in [1.82, 2.24) is 4.90 Å². The van der Waals surface area contributed by atoms with Crippen LogP contribution in [0.1, 0.15) is 29.8 Å². The molecule has 0 unspecified atom stereocenters. The number of benzene rings is 2. The van der Waals surface area contributed by atoms with Crippen molar-refractivity contribution in [3.05, 3.63) is 64.1 Å². The van der Waals surface area contributed by atoms with Crippen LogP contribution in [0.4, 0.5) is 0 Å². The van der Waals surface area contributed by atoms with E-state index in [9.17, 15) is 4.79 Å². The van der Waals surface area contributed by atoms with Gasteiger partial charge in [0.1, 0.15) is 12.4 Å². The zero-order valence-corrected chi connectivity index (χ0v) is 16.0. The minimum absolute atomic E-state index is 0.0558. The number of morpholine rings is 1. The molecule has 1 amide bonds.